The number of benzene rings is 3. The van der Waals surface area contributed by atoms with Crippen LogP contribution in [0.25, 0.3) is 21.8 Å². The molecule has 6 nitrogen and oxygen atoms in total. The zero-order valence-electron chi connectivity index (χ0n) is 16.7. The van der Waals surface area contributed by atoms with Crippen LogP contribution in [-0.2, 0) is 4.74 Å². The molecule has 7 heteroatoms. The molecule has 0 atom stereocenters. The van der Waals surface area contributed by atoms with Crippen molar-refractivity contribution >= 4 is 39.1 Å². The Hall–Kier alpha value is -3.71. The maximum Gasteiger partial charge on any atom is 0.257 e. The van der Waals surface area contributed by atoms with Crippen molar-refractivity contribution in [2.45, 2.75) is 0 Å². The minimum Gasteiger partial charge on any atom is -0.378 e. The lowest BCUT2D eigenvalue weighted by Gasteiger charge is -2.28. The van der Waals surface area contributed by atoms with Gasteiger partial charge in [0.25, 0.3) is 5.91 Å². The minimum atomic E-state index is -0.537. The summed E-state index contributed by atoms with van der Waals surface area (Å²) in [6.45, 7) is 3.07. The van der Waals surface area contributed by atoms with E-state index < -0.39 is 5.82 Å². The van der Waals surface area contributed by atoms with Gasteiger partial charge in [0.2, 0.25) is 0 Å². The molecule has 2 heterocycles. The van der Waals surface area contributed by atoms with Crippen molar-refractivity contribution in [2.24, 2.45) is 0 Å². The predicted octanol–water partition coefficient (Wildman–Crippen LogP) is 3.91. The second kappa shape index (κ2) is 7.85. The normalized spacial score (nSPS) is 14.2. The van der Waals surface area contributed by atoms with Crippen LogP contribution in [0, 0.1) is 5.82 Å². The third-order valence-corrected chi connectivity index (χ3v) is 5.56. The number of morpholine rings is 1. The van der Waals surface area contributed by atoms with Gasteiger partial charge in [-0.25, -0.2) is 4.39 Å². The molecule has 1 amide bonds. The van der Waals surface area contributed by atoms with Crippen LogP contribution in [0.1, 0.15) is 10.4 Å². The van der Waals surface area contributed by atoms with Gasteiger partial charge in [0.1, 0.15) is 5.82 Å². The molecular weight excluding hydrogens is 397 g/mol. The average Bonchev–Trinajstić information content (AvgIpc) is 2.81. The van der Waals surface area contributed by atoms with Gasteiger partial charge in [0.05, 0.1) is 29.8 Å². The SMILES string of the molecule is O=C(Nc1ccc(N2CCOCC2)cc1)c1cccc2c(=O)c3cccc(F)c3[nH]c12. The first-order valence-corrected chi connectivity index (χ1v) is 10.1. The number of hydrogen-bond donors (Lipinski definition) is 2. The summed E-state index contributed by atoms with van der Waals surface area (Å²) in [5.41, 5.74) is 2.07. The number of para-hydroxylation sites is 2. The average molecular weight is 417 g/mol. The number of pyridine rings is 1. The Morgan fingerprint density at radius 1 is 0.935 bits per heavy atom. The Labute approximate surface area is 177 Å². The maximum absolute atomic E-state index is 14.3. The summed E-state index contributed by atoms with van der Waals surface area (Å²) in [4.78, 5) is 31.0. The highest BCUT2D eigenvalue weighted by Gasteiger charge is 2.16. The third kappa shape index (κ3) is 3.53. The van der Waals surface area contributed by atoms with Crippen molar-refractivity contribution in [2.75, 3.05) is 36.5 Å². The largest absolute Gasteiger partial charge is 0.378 e. The maximum atomic E-state index is 14.3. The second-order valence-electron chi connectivity index (χ2n) is 7.45. The van der Waals surface area contributed by atoms with Gasteiger partial charge in [0, 0.05) is 35.2 Å². The number of halogens is 1. The summed E-state index contributed by atoms with van der Waals surface area (Å²) in [5.74, 6) is -0.915. The number of H-pyrrole nitrogens is 1. The van der Waals surface area contributed by atoms with Crippen molar-refractivity contribution in [3.05, 3.63) is 82.3 Å². The summed E-state index contributed by atoms with van der Waals surface area (Å²) >= 11 is 0. The number of anilines is 2. The van der Waals surface area contributed by atoms with Gasteiger partial charge in [-0.2, -0.15) is 0 Å². The lowest BCUT2D eigenvalue weighted by atomic mass is 10.1. The summed E-state index contributed by atoms with van der Waals surface area (Å²) in [6.07, 6.45) is 0. The molecule has 1 saturated heterocycles. The molecule has 0 saturated carbocycles. The summed E-state index contributed by atoms with van der Waals surface area (Å²) in [7, 11) is 0. The van der Waals surface area contributed by atoms with E-state index in [-0.39, 0.29) is 27.8 Å². The van der Waals surface area contributed by atoms with Gasteiger partial charge in [-0.15, -0.1) is 0 Å². The predicted molar refractivity (Wildman–Crippen MR) is 119 cm³/mol. The van der Waals surface area contributed by atoms with Gasteiger partial charge in [0.15, 0.2) is 5.43 Å². The highest BCUT2D eigenvalue weighted by molar-refractivity contribution is 6.13. The standard InChI is InChI=1S/C24H20FN3O3/c25-20-6-2-4-18-22(20)27-21-17(23(18)29)3-1-5-19(21)24(30)26-15-7-9-16(10-8-15)28-11-13-31-14-12-28/h1-10H,11-14H2,(H,26,30)(H,27,29). The van der Waals surface area contributed by atoms with Gasteiger partial charge >= 0.3 is 0 Å². The lowest BCUT2D eigenvalue weighted by molar-refractivity contribution is 0.102. The molecule has 31 heavy (non-hydrogen) atoms. The van der Waals surface area contributed by atoms with E-state index in [9.17, 15) is 14.0 Å². The summed E-state index contributed by atoms with van der Waals surface area (Å²) in [5, 5.41) is 3.46. The number of aromatic amines is 1. The molecule has 1 aliphatic heterocycles. The fourth-order valence-electron chi connectivity index (χ4n) is 3.95. The Morgan fingerprint density at radius 3 is 2.35 bits per heavy atom. The van der Waals surface area contributed by atoms with Crippen molar-refractivity contribution in [3.63, 3.8) is 0 Å². The number of nitrogens with one attached hydrogen (secondary N) is 2. The number of nitrogens with zero attached hydrogens (tertiary/aromatic N) is 1. The van der Waals surface area contributed by atoms with Crippen LogP contribution in [-0.4, -0.2) is 37.2 Å². The van der Waals surface area contributed by atoms with Crippen LogP contribution < -0.4 is 15.6 Å². The first-order valence-electron chi connectivity index (χ1n) is 10.1. The molecule has 4 aromatic rings. The Kier molecular flexibility index (Phi) is 4.88. The number of carbonyl (C=O) groups is 1. The molecular formula is C24H20FN3O3. The number of aromatic nitrogens is 1. The smallest absolute Gasteiger partial charge is 0.257 e. The second-order valence-corrected chi connectivity index (χ2v) is 7.45. The molecule has 156 valence electrons. The van der Waals surface area contributed by atoms with E-state index in [1.54, 1.807) is 24.3 Å². The van der Waals surface area contributed by atoms with Crippen molar-refractivity contribution in [1.29, 1.82) is 0 Å². The molecule has 1 aliphatic rings. The molecule has 0 bridgehead atoms. The van der Waals surface area contributed by atoms with E-state index >= 15 is 0 Å². The fraction of sp³-hybridized carbons (Fsp3) is 0.167. The van der Waals surface area contributed by atoms with E-state index in [0.717, 1.165) is 18.8 Å². The van der Waals surface area contributed by atoms with Crippen molar-refractivity contribution in [1.82, 2.24) is 4.98 Å². The molecule has 0 aliphatic carbocycles. The van der Waals surface area contributed by atoms with Gasteiger partial charge in [-0.1, -0.05) is 12.1 Å². The highest BCUT2D eigenvalue weighted by Crippen LogP contribution is 2.23. The molecule has 0 radical (unpaired) electrons. The van der Waals surface area contributed by atoms with Gasteiger partial charge in [-0.05, 0) is 48.5 Å². The topological polar surface area (TPSA) is 74.4 Å². The third-order valence-electron chi connectivity index (χ3n) is 5.56. The number of fused-ring (bicyclic) bond motifs is 2. The number of amides is 1. The van der Waals surface area contributed by atoms with Crippen LogP contribution in [0.3, 0.4) is 0 Å². The monoisotopic (exact) mass is 417 g/mol. The number of carbonyl (C=O) groups excluding carboxylic acids is 1. The quantitative estimate of drug-likeness (QED) is 0.496. The number of ether oxygens (including phenoxy) is 1. The van der Waals surface area contributed by atoms with Gasteiger partial charge < -0.3 is 19.9 Å². The van der Waals surface area contributed by atoms with Crippen LogP contribution in [0.2, 0.25) is 0 Å². The van der Waals surface area contributed by atoms with Crippen molar-refractivity contribution < 1.29 is 13.9 Å². The Balaban J connectivity index is 1.48. The molecule has 3 aromatic carbocycles. The first-order chi connectivity index (χ1) is 15.1. The number of rotatable bonds is 3. The molecule has 1 fully saturated rings. The van der Waals surface area contributed by atoms with E-state index in [4.69, 9.17) is 4.74 Å². The van der Waals surface area contributed by atoms with E-state index in [1.807, 2.05) is 24.3 Å². The van der Waals surface area contributed by atoms with Crippen LogP contribution in [0.5, 0.6) is 0 Å². The first kappa shape index (κ1) is 19.3. The van der Waals surface area contributed by atoms with E-state index in [2.05, 4.69) is 15.2 Å². The molecule has 0 unspecified atom stereocenters. The van der Waals surface area contributed by atoms with Crippen LogP contribution in [0.15, 0.2) is 65.5 Å². The van der Waals surface area contributed by atoms with E-state index in [0.29, 0.717) is 29.8 Å². The van der Waals surface area contributed by atoms with Gasteiger partial charge in [-0.3, -0.25) is 9.59 Å². The zero-order valence-corrected chi connectivity index (χ0v) is 16.7. The zero-order chi connectivity index (χ0) is 21.4. The fourth-order valence-corrected chi connectivity index (χ4v) is 3.95. The van der Waals surface area contributed by atoms with Crippen LogP contribution >= 0.6 is 0 Å². The molecule has 0 spiro atoms. The molecule has 2 N–H and O–H groups in total. The lowest BCUT2D eigenvalue weighted by Crippen LogP contribution is -2.36. The Morgan fingerprint density at radius 2 is 1.61 bits per heavy atom. The van der Waals surface area contributed by atoms with Crippen molar-refractivity contribution in [3.8, 4) is 0 Å². The number of hydrogen-bond acceptors (Lipinski definition) is 4. The van der Waals surface area contributed by atoms with Crippen LogP contribution in [0.4, 0.5) is 15.8 Å². The molecule has 1 aromatic heterocycles. The molecule has 5 rings (SSSR count). The summed E-state index contributed by atoms with van der Waals surface area (Å²) < 4.78 is 19.7. The highest BCUT2D eigenvalue weighted by atomic mass is 19.1. The van der Waals surface area contributed by atoms with E-state index in [1.165, 1.54) is 12.1 Å². The Bertz CT molecular complexity index is 1340. The summed E-state index contributed by atoms with van der Waals surface area (Å²) in [6, 6.07) is 16.8. The minimum absolute atomic E-state index is 0.0927.